The van der Waals surface area contributed by atoms with Gasteiger partial charge in [-0.15, -0.1) is 0 Å². The molecule has 2 aliphatic rings. The van der Waals surface area contributed by atoms with E-state index in [0.29, 0.717) is 10.8 Å². The molecule has 2 rings (SSSR count). The summed E-state index contributed by atoms with van der Waals surface area (Å²) in [6.45, 7) is 16.7. The molecule has 2 aliphatic carbocycles. The van der Waals surface area contributed by atoms with Gasteiger partial charge in [-0.1, -0.05) is 93.4 Å². The summed E-state index contributed by atoms with van der Waals surface area (Å²) in [7, 11) is 0. The zero-order chi connectivity index (χ0) is 16.8. The van der Waals surface area contributed by atoms with Crippen LogP contribution in [-0.2, 0) is 0 Å². The van der Waals surface area contributed by atoms with Crippen LogP contribution in [0.2, 0.25) is 0 Å². The lowest BCUT2D eigenvalue weighted by molar-refractivity contribution is 0.0582. The predicted octanol–water partition coefficient (Wildman–Crippen LogP) is 7.86. The van der Waals surface area contributed by atoms with E-state index in [1.165, 1.54) is 64.2 Å². The largest absolute Gasteiger partial charge is 0.0651 e. The maximum atomic E-state index is 2.46. The third kappa shape index (κ3) is 6.63. The molecule has 2 atom stereocenters. The van der Waals surface area contributed by atoms with E-state index in [0.717, 1.165) is 17.8 Å². The van der Waals surface area contributed by atoms with Crippen molar-refractivity contribution in [2.75, 3.05) is 0 Å². The first-order chi connectivity index (χ1) is 10.2. The van der Waals surface area contributed by atoms with E-state index in [1.54, 1.807) is 0 Å². The van der Waals surface area contributed by atoms with Crippen molar-refractivity contribution in [2.45, 2.75) is 113 Å². The Labute approximate surface area is 141 Å². The predicted molar refractivity (Wildman–Crippen MR) is 101 cm³/mol. The lowest BCUT2D eigenvalue weighted by Crippen LogP contribution is -2.34. The molecule has 0 nitrogen and oxygen atoms in total. The highest BCUT2D eigenvalue weighted by atomic mass is 14.4. The molecule has 2 fully saturated rings. The molecule has 0 aromatic rings. The van der Waals surface area contributed by atoms with E-state index < -0.39 is 0 Å². The zero-order valence-corrected chi connectivity index (χ0v) is 16.8. The SMILES string of the molecule is CCC1(C)CC(C)CC(C)(C)C1.CCC1CCC(CC)CC1. The third-order valence-electron chi connectivity index (χ3n) is 6.62. The van der Waals surface area contributed by atoms with Crippen molar-refractivity contribution in [3.05, 3.63) is 0 Å². The van der Waals surface area contributed by atoms with E-state index in [4.69, 9.17) is 0 Å². The van der Waals surface area contributed by atoms with Crippen molar-refractivity contribution in [2.24, 2.45) is 28.6 Å². The van der Waals surface area contributed by atoms with Gasteiger partial charge in [-0.05, 0) is 47.8 Å². The topological polar surface area (TPSA) is 0 Å². The Morgan fingerprint density at radius 2 is 1.23 bits per heavy atom. The highest BCUT2D eigenvalue weighted by Gasteiger charge is 2.38. The fraction of sp³-hybridized carbons (Fsp3) is 1.00. The van der Waals surface area contributed by atoms with Crippen LogP contribution in [0.3, 0.4) is 0 Å². The summed E-state index contributed by atoms with van der Waals surface area (Å²) in [5, 5.41) is 0. The molecule has 0 bridgehead atoms. The van der Waals surface area contributed by atoms with Gasteiger partial charge in [0.2, 0.25) is 0 Å². The summed E-state index contributed by atoms with van der Waals surface area (Å²) in [5.74, 6) is 3.07. The van der Waals surface area contributed by atoms with Crippen LogP contribution in [0.1, 0.15) is 113 Å². The van der Waals surface area contributed by atoms with E-state index in [-0.39, 0.29) is 0 Å². The van der Waals surface area contributed by atoms with Gasteiger partial charge in [0.05, 0.1) is 0 Å². The number of hydrogen-bond acceptors (Lipinski definition) is 0. The van der Waals surface area contributed by atoms with Crippen LogP contribution in [0.5, 0.6) is 0 Å². The molecule has 0 aromatic heterocycles. The van der Waals surface area contributed by atoms with E-state index in [1.807, 2.05) is 0 Å². The Bertz CT molecular complexity index is 283. The van der Waals surface area contributed by atoms with Crippen LogP contribution < -0.4 is 0 Å². The summed E-state index contributed by atoms with van der Waals surface area (Å²) < 4.78 is 0. The van der Waals surface area contributed by atoms with Gasteiger partial charge in [0, 0.05) is 0 Å². The molecule has 2 saturated carbocycles. The van der Waals surface area contributed by atoms with Crippen LogP contribution >= 0.6 is 0 Å². The molecular weight excluding hydrogens is 264 g/mol. The van der Waals surface area contributed by atoms with E-state index in [9.17, 15) is 0 Å². The Balaban J connectivity index is 0.000000224. The van der Waals surface area contributed by atoms with Gasteiger partial charge in [-0.2, -0.15) is 0 Å². The summed E-state index contributed by atoms with van der Waals surface area (Å²) in [4.78, 5) is 0. The standard InChI is InChI=1S/C12H24.C10H20/c1-6-12(5)8-10(2)7-11(3,4)9-12;1-3-9-5-7-10(4-2)8-6-9/h10H,6-9H2,1-5H3;9-10H,3-8H2,1-2H3. The van der Waals surface area contributed by atoms with Crippen molar-refractivity contribution >= 4 is 0 Å². The average Bonchev–Trinajstić information content (AvgIpc) is 2.45. The van der Waals surface area contributed by atoms with Crippen LogP contribution in [-0.4, -0.2) is 0 Å². The highest BCUT2D eigenvalue weighted by Crippen LogP contribution is 2.49. The van der Waals surface area contributed by atoms with Gasteiger partial charge in [0.1, 0.15) is 0 Å². The molecule has 0 amide bonds. The molecular formula is C22H44. The van der Waals surface area contributed by atoms with Gasteiger partial charge in [0.25, 0.3) is 0 Å². The minimum absolute atomic E-state index is 0.586. The Kier molecular flexibility index (Phi) is 7.96. The number of hydrogen-bond donors (Lipinski definition) is 0. The third-order valence-corrected chi connectivity index (χ3v) is 6.62. The lowest BCUT2D eigenvalue weighted by atomic mass is 9.60. The van der Waals surface area contributed by atoms with Gasteiger partial charge < -0.3 is 0 Å². The van der Waals surface area contributed by atoms with Gasteiger partial charge in [-0.25, -0.2) is 0 Å². The fourth-order valence-corrected chi connectivity index (χ4v) is 5.47. The van der Waals surface area contributed by atoms with Gasteiger partial charge in [-0.3, -0.25) is 0 Å². The minimum atomic E-state index is 0.586. The molecule has 0 saturated heterocycles. The molecule has 0 N–H and O–H groups in total. The quantitative estimate of drug-likeness (QED) is 0.497. The Morgan fingerprint density at radius 3 is 1.55 bits per heavy atom. The lowest BCUT2D eigenvalue weighted by Gasteiger charge is -2.45. The smallest absolute Gasteiger partial charge is 0.0321 e. The maximum Gasteiger partial charge on any atom is -0.0321 e. The normalized spacial score (nSPS) is 38.0. The second-order valence-electron chi connectivity index (χ2n) is 9.72. The first-order valence-corrected chi connectivity index (χ1v) is 10.2. The van der Waals surface area contributed by atoms with Crippen molar-refractivity contribution in [3.8, 4) is 0 Å². The van der Waals surface area contributed by atoms with E-state index >= 15 is 0 Å². The molecule has 0 aromatic carbocycles. The maximum absolute atomic E-state index is 2.46. The minimum Gasteiger partial charge on any atom is -0.0651 e. The molecule has 0 aliphatic heterocycles. The van der Waals surface area contributed by atoms with Crippen LogP contribution in [0.4, 0.5) is 0 Å². The molecule has 2 unspecified atom stereocenters. The molecule has 22 heavy (non-hydrogen) atoms. The zero-order valence-electron chi connectivity index (χ0n) is 16.8. The van der Waals surface area contributed by atoms with Crippen LogP contribution in [0.15, 0.2) is 0 Å². The van der Waals surface area contributed by atoms with Gasteiger partial charge >= 0.3 is 0 Å². The van der Waals surface area contributed by atoms with Gasteiger partial charge in [0.15, 0.2) is 0 Å². The Hall–Kier alpha value is 0. The van der Waals surface area contributed by atoms with Crippen LogP contribution in [0, 0.1) is 28.6 Å². The molecule has 132 valence electrons. The van der Waals surface area contributed by atoms with E-state index in [2.05, 4.69) is 48.5 Å². The molecule has 0 heteroatoms. The second-order valence-corrected chi connectivity index (χ2v) is 9.72. The summed E-state index contributed by atoms with van der Waals surface area (Å²) >= 11 is 0. The van der Waals surface area contributed by atoms with Crippen LogP contribution in [0.25, 0.3) is 0 Å². The van der Waals surface area contributed by atoms with Crippen molar-refractivity contribution in [3.63, 3.8) is 0 Å². The van der Waals surface area contributed by atoms with Crippen molar-refractivity contribution in [1.82, 2.24) is 0 Å². The van der Waals surface area contributed by atoms with Crippen molar-refractivity contribution in [1.29, 1.82) is 0 Å². The second kappa shape index (κ2) is 8.74. The highest BCUT2D eigenvalue weighted by molar-refractivity contribution is 4.89. The number of rotatable bonds is 3. The average molecular weight is 309 g/mol. The summed E-state index contributed by atoms with van der Waals surface area (Å²) in [6.07, 6.45) is 14.5. The molecule has 0 radical (unpaired) electrons. The Morgan fingerprint density at radius 1 is 0.773 bits per heavy atom. The fourth-order valence-electron chi connectivity index (χ4n) is 5.47. The first kappa shape index (κ1) is 20.0. The summed E-state index contributed by atoms with van der Waals surface area (Å²) in [5.41, 5.74) is 1.21. The molecule has 0 spiro atoms. The van der Waals surface area contributed by atoms with Crippen molar-refractivity contribution < 1.29 is 0 Å². The monoisotopic (exact) mass is 308 g/mol. The first-order valence-electron chi connectivity index (χ1n) is 10.2. The summed E-state index contributed by atoms with van der Waals surface area (Å²) in [6, 6.07) is 0. The molecule has 0 heterocycles.